The topological polar surface area (TPSA) is 66.8 Å². The first kappa shape index (κ1) is 17.1. The molecule has 1 heterocycles. The van der Waals surface area contributed by atoms with Crippen molar-refractivity contribution in [1.29, 1.82) is 0 Å². The van der Waals surface area contributed by atoms with Crippen molar-refractivity contribution in [3.05, 3.63) is 0 Å². The predicted octanol–water partition coefficient (Wildman–Crippen LogP) is 3.19. The van der Waals surface area contributed by atoms with Gasteiger partial charge in [-0.15, -0.1) is 11.8 Å². The van der Waals surface area contributed by atoms with Crippen LogP contribution in [0.2, 0.25) is 0 Å². The van der Waals surface area contributed by atoms with Crippen LogP contribution in [0, 0.1) is 5.92 Å². The fourth-order valence-electron chi connectivity index (χ4n) is 2.14. The van der Waals surface area contributed by atoms with Gasteiger partial charge in [0.15, 0.2) is 0 Å². The number of amides is 1. The van der Waals surface area contributed by atoms with Gasteiger partial charge in [-0.3, -0.25) is 9.69 Å². The number of ether oxygens (including phenoxy) is 1. The molecule has 0 radical (unpaired) electrons. The molecular formula is C14H25NO4S. The van der Waals surface area contributed by atoms with E-state index in [1.807, 2.05) is 20.8 Å². The summed E-state index contributed by atoms with van der Waals surface area (Å²) in [7, 11) is 0. The largest absolute Gasteiger partial charge is 0.481 e. The Balaban J connectivity index is 2.83. The molecule has 1 aliphatic heterocycles. The van der Waals surface area contributed by atoms with Gasteiger partial charge in [-0.2, -0.15) is 0 Å². The van der Waals surface area contributed by atoms with Gasteiger partial charge in [0, 0.05) is 5.75 Å². The Bertz CT molecular complexity index is 365. The summed E-state index contributed by atoms with van der Waals surface area (Å²) >= 11 is 1.64. The lowest BCUT2D eigenvalue weighted by Crippen LogP contribution is -2.45. The van der Waals surface area contributed by atoms with Crippen molar-refractivity contribution < 1.29 is 19.4 Å². The van der Waals surface area contributed by atoms with Crippen molar-refractivity contribution in [2.45, 2.75) is 64.5 Å². The van der Waals surface area contributed by atoms with Gasteiger partial charge >= 0.3 is 12.1 Å². The van der Waals surface area contributed by atoms with E-state index in [1.165, 1.54) is 0 Å². The number of thioether (sulfide) groups is 1. The molecule has 0 aromatic heterocycles. The van der Waals surface area contributed by atoms with Crippen molar-refractivity contribution >= 4 is 23.8 Å². The Hall–Kier alpha value is -0.910. The summed E-state index contributed by atoms with van der Waals surface area (Å²) in [5, 5.41) is 8.99. The normalized spacial score (nSPS) is 23.2. The summed E-state index contributed by atoms with van der Waals surface area (Å²) in [4.78, 5) is 24.9. The zero-order valence-electron chi connectivity index (χ0n) is 12.9. The van der Waals surface area contributed by atoms with Crippen molar-refractivity contribution in [2.24, 2.45) is 5.92 Å². The third-order valence-electron chi connectivity index (χ3n) is 2.87. The molecule has 1 rings (SSSR count). The van der Waals surface area contributed by atoms with Crippen LogP contribution in [0.25, 0.3) is 0 Å². The summed E-state index contributed by atoms with van der Waals surface area (Å²) in [6.45, 7) is 9.64. The molecule has 20 heavy (non-hydrogen) atoms. The fraction of sp³-hybridized carbons (Fsp3) is 0.857. The van der Waals surface area contributed by atoms with E-state index < -0.39 is 17.7 Å². The van der Waals surface area contributed by atoms with E-state index in [2.05, 4.69) is 13.8 Å². The molecule has 5 nitrogen and oxygen atoms in total. The molecule has 116 valence electrons. The quantitative estimate of drug-likeness (QED) is 0.864. The van der Waals surface area contributed by atoms with Crippen LogP contribution < -0.4 is 0 Å². The number of nitrogens with zero attached hydrogens (tertiary/aromatic N) is 1. The average Bonchev–Trinajstić information content (AvgIpc) is 2.56. The third kappa shape index (κ3) is 5.23. The molecule has 0 aliphatic carbocycles. The number of rotatable bonds is 4. The Kier molecular flexibility index (Phi) is 5.74. The summed E-state index contributed by atoms with van der Waals surface area (Å²) in [6.07, 6.45) is 0.417. The van der Waals surface area contributed by atoms with Crippen LogP contribution in [0.4, 0.5) is 4.79 Å². The van der Waals surface area contributed by atoms with Gasteiger partial charge < -0.3 is 9.84 Å². The highest BCUT2D eigenvalue weighted by molar-refractivity contribution is 8.00. The van der Waals surface area contributed by atoms with E-state index in [0.717, 1.165) is 6.42 Å². The van der Waals surface area contributed by atoms with E-state index in [-0.39, 0.29) is 17.8 Å². The van der Waals surface area contributed by atoms with E-state index in [4.69, 9.17) is 9.84 Å². The highest BCUT2D eigenvalue weighted by atomic mass is 32.2. The molecule has 1 aliphatic rings. The number of hydrogen-bond donors (Lipinski definition) is 1. The first-order chi connectivity index (χ1) is 9.10. The van der Waals surface area contributed by atoms with Crippen LogP contribution in [0.1, 0.15) is 47.5 Å². The minimum Gasteiger partial charge on any atom is -0.481 e. The van der Waals surface area contributed by atoms with Gasteiger partial charge in [0.2, 0.25) is 0 Å². The second kappa shape index (κ2) is 6.70. The Morgan fingerprint density at radius 3 is 2.45 bits per heavy atom. The minimum absolute atomic E-state index is 0.00852. The summed E-state index contributed by atoms with van der Waals surface area (Å²) in [5.74, 6) is 0.221. The Labute approximate surface area is 125 Å². The van der Waals surface area contributed by atoms with Gasteiger partial charge in [0.05, 0.1) is 17.8 Å². The molecule has 1 fully saturated rings. The highest BCUT2D eigenvalue weighted by Gasteiger charge is 2.40. The first-order valence-electron chi connectivity index (χ1n) is 6.95. The maximum atomic E-state index is 12.3. The molecule has 1 amide bonds. The molecule has 1 N–H and O–H groups in total. The zero-order valence-corrected chi connectivity index (χ0v) is 13.7. The van der Waals surface area contributed by atoms with Crippen molar-refractivity contribution in [1.82, 2.24) is 4.90 Å². The van der Waals surface area contributed by atoms with Crippen molar-refractivity contribution in [3.8, 4) is 0 Å². The maximum Gasteiger partial charge on any atom is 0.411 e. The van der Waals surface area contributed by atoms with Crippen LogP contribution in [-0.2, 0) is 9.53 Å². The molecule has 0 spiro atoms. The molecule has 6 heteroatoms. The second-order valence-corrected chi connectivity index (χ2v) is 7.77. The van der Waals surface area contributed by atoms with Crippen LogP contribution in [0.15, 0.2) is 0 Å². The second-order valence-electron chi connectivity index (χ2n) is 6.56. The van der Waals surface area contributed by atoms with Gasteiger partial charge in [-0.25, -0.2) is 4.79 Å². The van der Waals surface area contributed by atoms with Crippen LogP contribution in [-0.4, -0.2) is 44.8 Å². The van der Waals surface area contributed by atoms with Gasteiger partial charge in [-0.1, -0.05) is 13.8 Å². The van der Waals surface area contributed by atoms with Crippen LogP contribution in [0.3, 0.4) is 0 Å². The molecule has 0 aromatic carbocycles. The number of carbonyl (C=O) groups excluding carboxylic acids is 1. The first-order valence-corrected chi connectivity index (χ1v) is 7.99. The number of carbonyl (C=O) groups is 2. The van der Waals surface area contributed by atoms with Gasteiger partial charge in [0.25, 0.3) is 0 Å². The summed E-state index contributed by atoms with van der Waals surface area (Å²) < 4.78 is 5.43. The van der Waals surface area contributed by atoms with E-state index in [0.29, 0.717) is 11.7 Å². The zero-order chi connectivity index (χ0) is 15.5. The Morgan fingerprint density at radius 1 is 1.40 bits per heavy atom. The summed E-state index contributed by atoms with van der Waals surface area (Å²) in [5.41, 5.74) is -0.569. The minimum atomic E-state index is -0.880. The molecule has 1 saturated heterocycles. The lowest BCUT2D eigenvalue weighted by atomic mass is 10.1. The van der Waals surface area contributed by atoms with Crippen LogP contribution in [0.5, 0.6) is 0 Å². The smallest absolute Gasteiger partial charge is 0.411 e. The molecule has 0 saturated carbocycles. The molecule has 2 atom stereocenters. The third-order valence-corrected chi connectivity index (χ3v) is 4.25. The predicted molar refractivity (Wildman–Crippen MR) is 79.8 cm³/mol. The lowest BCUT2D eigenvalue weighted by molar-refractivity contribution is -0.138. The molecular weight excluding hydrogens is 278 g/mol. The molecule has 2 unspecified atom stereocenters. The number of hydrogen-bond acceptors (Lipinski definition) is 4. The molecule has 0 aromatic rings. The average molecular weight is 303 g/mol. The lowest BCUT2D eigenvalue weighted by Gasteiger charge is -2.32. The van der Waals surface area contributed by atoms with E-state index >= 15 is 0 Å². The van der Waals surface area contributed by atoms with E-state index in [1.54, 1.807) is 16.7 Å². The fourth-order valence-corrected chi connectivity index (χ4v) is 3.81. The number of carboxylic acids is 1. The van der Waals surface area contributed by atoms with E-state index in [9.17, 15) is 9.59 Å². The monoisotopic (exact) mass is 303 g/mol. The van der Waals surface area contributed by atoms with Gasteiger partial charge in [-0.05, 0) is 33.1 Å². The highest BCUT2D eigenvalue weighted by Crippen LogP contribution is 2.35. The van der Waals surface area contributed by atoms with Crippen molar-refractivity contribution in [2.75, 3.05) is 5.75 Å². The summed E-state index contributed by atoms with van der Waals surface area (Å²) in [6, 6.07) is -0.281. The maximum absolute atomic E-state index is 12.3. The molecule has 0 bridgehead atoms. The Morgan fingerprint density at radius 2 is 2.00 bits per heavy atom. The van der Waals surface area contributed by atoms with Gasteiger partial charge in [0.1, 0.15) is 5.60 Å². The standard InChI is InChI=1S/C14H25NO4S/c1-9(2)6-11-15(13(18)19-14(3,4)5)10(8-20-11)7-12(16)17/h9-11H,6-8H2,1-5H3,(H,16,17). The SMILES string of the molecule is CC(C)CC1SCC(CC(=O)O)N1C(=O)OC(C)(C)C. The van der Waals surface area contributed by atoms with Crippen LogP contribution >= 0.6 is 11.8 Å². The number of carboxylic acid groups (broad SMARTS) is 1. The van der Waals surface area contributed by atoms with Crippen molar-refractivity contribution in [3.63, 3.8) is 0 Å². The number of aliphatic carboxylic acids is 1.